The molecule has 5 nitrogen and oxygen atoms in total. The number of likely N-dealkylation sites (N-methyl/N-ethyl adjacent to an activating group) is 1. The Hall–Kier alpha value is -0.930. The van der Waals surface area contributed by atoms with Gasteiger partial charge in [-0.05, 0) is 38.1 Å². The first-order valence-corrected chi connectivity index (χ1v) is 9.73. The van der Waals surface area contributed by atoms with Crippen molar-refractivity contribution in [1.82, 2.24) is 20.0 Å². The van der Waals surface area contributed by atoms with Gasteiger partial charge < -0.3 is 15.1 Å². The van der Waals surface area contributed by atoms with Crippen LogP contribution in [0.15, 0.2) is 29.3 Å². The van der Waals surface area contributed by atoms with Gasteiger partial charge in [-0.3, -0.25) is 9.89 Å². The largest absolute Gasteiger partial charge is 0.357 e. The van der Waals surface area contributed by atoms with Crippen molar-refractivity contribution in [3.63, 3.8) is 0 Å². The summed E-state index contributed by atoms with van der Waals surface area (Å²) < 4.78 is 13.4. The molecule has 1 saturated heterocycles. The molecule has 154 valence electrons. The molecular weight excluding hydrogens is 456 g/mol. The molecular formula is C20H35FIN5. The van der Waals surface area contributed by atoms with Crippen molar-refractivity contribution in [3.05, 3.63) is 35.6 Å². The first-order valence-electron chi connectivity index (χ1n) is 9.73. The van der Waals surface area contributed by atoms with E-state index in [0.29, 0.717) is 12.6 Å². The highest BCUT2D eigenvalue weighted by Crippen LogP contribution is 2.08. The fraction of sp³-hybridized carbons (Fsp3) is 0.650. The molecule has 0 aromatic heterocycles. The van der Waals surface area contributed by atoms with Gasteiger partial charge in [0, 0.05) is 52.4 Å². The Balaban J connectivity index is 0.00000364. The van der Waals surface area contributed by atoms with E-state index in [1.807, 2.05) is 13.1 Å². The van der Waals surface area contributed by atoms with Crippen LogP contribution in [-0.4, -0.2) is 79.6 Å². The van der Waals surface area contributed by atoms with E-state index < -0.39 is 0 Å². The van der Waals surface area contributed by atoms with Crippen LogP contribution in [0.3, 0.4) is 0 Å². The monoisotopic (exact) mass is 491 g/mol. The Labute approximate surface area is 181 Å². The van der Waals surface area contributed by atoms with Crippen LogP contribution in [0.5, 0.6) is 0 Å². The number of halogens is 2. The average Bonchev–Trinajstić information content (AvgIpc) is 2.64. The Morgan fingerprint density at radius 1 is 1.26 bits per heavy atom. The molecule has 1 aliphatic rings. The molecule has 1 unspecified atom stereocenters. The summed E-state index contributed by atoms with van der Waals surface area (Å²) in [6, 6.07) is 7.17. The van der Waals surface area contributed by atoms with Crippen molar-refractivity contribution < 1.29 is 4.39 Å². The molecule has 0 bridgehead atoms. The maximum absolute atomic E-state index is 13.4. The van der Waals surface area contributed by atoms with Gasteiger partial charge in [-0.15, -0.1) is 24.0 Å². The lowest BCUT2D eigenvalue weighted by atomic mass is 10.2. The molecule has 27 heavy (non-hydrogen) atoms. The maximum Gasteiger partial charge on any atom is 0.194 e. The van der Waals surface area contributed by atoms with E-state index in [4.69, 9.17) is 4.99 Å². The van der Waals surface area contributed by atoms with Crippen molar-refractivity contribution >= 4 is 29.9 Å². The quantitative estimate of drug-likeness (QED) is 0.362. The lowest BCUT2D eigenvalue weighted by Crippen LogP contribution is -2.50. The second kappa shape index (κ2) is 12.5. The standard InChI is InChI=1S/C20H34FN5.HI/c1-5-22-20(24(4)16-18-8-7-9-19(21)14-18)23-15-17(3)26-12-10-25(6-2)11-13-26;/h7-9,14,17H,5-6,10-13,15-16H2,1-4H3,(H,22,23);1H. The van der Waals surface area contributed by atoms with Crippen LogP contribution in [0.25, 0.3) is 0 Å². The molecule has 0 saturated carbocycles. The highest BCUT2D eigenvalue weighted by Gasteiger charge is 2.20. The van der Waals surface area contributed by atoms with E-state index in [2.05, 4.69) is 40.8 Å². The van der Waals surface area contributed by atoms with Crippen LogP contribution < -0.4 is 5.32 Å². The number of rotatable bonds is 7. The number of nitrogens with zero attached hydrogens (tertiary/aromatic N) is 4. The third kappa shape index (κ3) is 7.91. The van der Waals surface area contributed by atoms with Crippen LogP contribution in [0.2, 0.25) is 0 Å². The van der Waals surface area contributed by atoms with Gasteiger partial charge in [0.2, 0.25) is 0 Å². The number of nitrogens with one attached hydrogen (secondary N) is 1. The number of hydrogen-bond donors (Lipinski definition) is 1. The zero-order valence-electron chi connectivity index (χ0n) is 17.1. The molecule has 1 fully saturated rings. The number of piperazine rings is 1. The fourth-order valence-electron chi connectivity index (χ4n) is 3.31. The lowest BCUT2D eigenvalue weighted by molar-refractivity contribution is 0.109. The zero-order chi connectivity index (χ0) is 18.9. The molecule has 1 atom stereocenters. The second-order valence-electron chi connectivity index (χ2n) is 7.00. The Morgan fingerprint density at radius 3 is 2.56 bits per heavy atom. The SMILES string of the molecule is CCNC(=NCC(C)N1CCN(CC)CC1)N(C)Cc1cccc(F)c1.I. The molecule has 1 aromatic rings. The average molecular weight is 491 g/mol. The molecule has 0 aliphatic carbocycles. The molecule has 1 aliphatic heterocycles. The molecule has 1 aromatic carbocycles. The fourth-order valence-corrected chi connectivity index (χ4v) is 3.31. The summed E-state index contributed by atoms with van der Waals surface area (Å²) in [5.41, 5.74) is 0.946. The third-order valence-electron chi connectivity index (χ3n) is 4.99. The minimum atomic E-state index is -0.197. The van der Waals surface area contributed by atoms with Gasteiger partial charge in [0.05, 0.1) is 6.54 Å². The Bertz CT molecular complexity index is 575. The molecule has 7 heteroatoms. The summed E-state index contributed by atoms with van der Waals surface area (Å²) in [5, 5.41) is 3.35. The van der Waals surface area contributed by atoms with Crippen molar-refractivity contribution in [3.8, 4) is 0 Å². The molecule has 2 rings (SSSR count). The van der Waals surface area contributed by atoms with Gasteiger partial charge in [0.25, 0.3) is 0 Å². The first kappa shape index (κ1) is 24.1. The summed E-state index contributed by atoms with van der Waals surface area (Å²) in [4.78, 5) is 11.9. The van der Waals surface area contributed by atoms with Crippen LogP contribution in [0.4, 0.5) is 4.39 Å². The van der Waals surface area contributed by atoms with Crippen molar-refractivity contribution in [2.75, 3.05) is 52.9 Å². The van der Waals surface area contributed by atoms with E-state index in [0.717, 1.165) is 57.3 Å². The number of benzene rings is 1. The minimum absolute atomic E-state index is 0. The summed E-state index contributed by atoms with van der Waals surface area (Å²) in [5.74, 6) is 0.675. The number of aliphatic imine (C=N–C) groups is 1. The molecule has 0 spiro atoms. The predicted octanol–water partition coefficient (Wildman–Crippen LogP) is 2.87. The van der Waals surface area contributed by atoms with Gasteiger partial charge in [0.1, 0.15) is 5.82 Å². The second-order valence-corrected chi connectivity index (χ2v) is 7.00. The van der Waals surface area contributed by atoms with Crippen molar-refractivity contribution in [2.24, 2.45) is 4.99 Å². The number of hydrogen-bond acceptors (Lipinski definition) is 3. The summed E-state index contributed by atoms with van der Waals surface area (Å²) in [6.07, 6.45) is 0. The smallest absolute Gasteiger partial charge is 0.194 e. The normalized spacial score (nSPS) is 17.3. The van der Waals surface area contributed by atoms with E-state index >= 15 is 0 Å². The third-order valence-corrected chi connectivity index (χ3v) is 4.99. The van der Waals surface area contributed by atoms with Gasteiger partial charge >= 0.3 is 0 Å². The number of guanidine groups is 1. The van der Waals surface area contributed by atoms with Crippen LogP contribution in [0, 0.1) is 5.82 Å². The molecule has 1 heterocycles. The van der Waals surface area contributed by atoms with Gasteiger partial charge in [-0.2, -0.15) is 0 Å². The van der Waals surface area contributed by atoms with E-state index in [-0.39, 0.29) is 29.8 Å². The topological polar surface area (TPSA) is 34.1 Å². The predicted molar refractivity (Wildman–Crippen MR) is 122 cm³/mol. The minimum Gasteiger partial charge on any atom is -0.357 e. The molecule has 0 radical (unpaired) electrons. The van der Waals surface area contributed by atoms with Crippen LogP contribution in [0.1, 0.15) is 26.3 Å². The van der Waals surface area contributed by atoms with E-state index in [1.54, 1.807) is 12.1 Å². The summed E-state index contributed by atoms with van der Waals surface area (Å²) in [6.45, 7) is 14.4. The molecule has 0 amide bonds. The lowest BCUT2D eigenvalue weighted by Gasteiger charge is -2.37. The van der Waals surface area contributed by atoms with Gasteiger partial charge in [-0.1, -0.05) is 19.1 Å². The van der Waals surface area contributed by atoms with E-state index in [9.17, 15) is 4.39 Å². The summed E-state index contributed by atoms with van der Waals surface area (Å²) in [7, 11) is 2.00. The van der Waals surface area contributed by atoms with Gasteiger partial charge in [-0.25, -0.2) is 4.39 Å². The Kier molecular flexibility index (Phi) is 11.2. The first-order chi connectivity index (χ1) is 12.5. The van der Waals surface area contributed by atoms with Crippen molar-refractivity contribution in [1.29, 1.82) is 0 Å². The zero-order valence-corrected chi connectivity index (χ0v) is 19.4. The van der Waals surface area contributed by atoms with E-state index in [1.165, 1.54) is 6.07 Å². The highest BCUT2D eigenvalue weighted by atomic mass is 127. The Morgan fingerprint density at radius 2 is 1.96 bits per heavy atom. The van der Waals surface area contributed by atoms with Crippen LogP contribution in [-0.2, 0) is 6.54 Å². The maximum atomic E-state index is 13.4. The van der Waals surface area contributed by atoms with Crippen LogP contribution >= 0.6 is 24.0 Å². The van der Waals surface area contributed by atoms with Gasteiger partial charge in [0.15, 0.2) is 5.96 Å². The molecule has 1 N–H and O–H groups in total. The highest BCUT2D eigenvalue weighted by molar-refractivity contribution is 14.0. The van der Waals surface area contributed by atoms with Crippen molar-refractivity contribution in [2.45, 2.75) is 33.4 Å². The summed E-state index contributed by atoms with van der Waals surface area (Å²) >= 11 is 0.